The molecule has 0 aromatic rings. The standard InChI is InChI=1S/C7H12OS/c9-8-6-5-7-3-1-2-4-7/h1,3,7,9H,2,4-6H2. The summed E-state index contributed by atoms with van der Waals surface area (Å²) in [4.78, 5) is 0. The van der Waals surface area contributed by atoms with Gasteiger partial charge in [0.15, 0.2) is 0 Å². The monoisotopic (exact) mass is 144 g/mol. The van der Waals surface area contributed by atoms with Crippen LogP contribution in [-0.2, 0) is 4.18 Å². The molecule has 0 heterocycles. The molecule has 1 unspecified atom stereocenters. The van der Waals surface area contributed by atoms with Crippen molar-refractivity contribution < 1.29 is 4.18 Å². The first kappa shape index (κ1) is 7.16. The maximum absolute atomic E-state index is 4.66. The van der Waals surface area contributed by atoms with Crippen LogP contribution in [0.25, 0.3) is 0 Å². The molecule has 0 amide bonds. The van der Waals surface area contributed by atoms with Crippen LogP contribution in [-0.4, -0.2) is 6.61 Å². The summed E-state index contributed by atoms with van der Waals surface area (Å²) in [6.07, 6.45) is 8.18. The molecule has 2 heteroatoms. The fourth-order valence-corrected chi connectivity index (χ4v) is 1.25. The highest BCUT2D eigenvalue weighted by Gasteiger charge is 2.07. The minimum atomic E-state index is 0.761. The van der Waals surface area contributed by atoms with E-state index >= 15 is 0 Å². The highest BCUT2D eigenvalue weighted by Crippen LogP contribution is 2.19. The van der Waals surface area contributed by atoms with Gasteiger partial charge in [0.25, 0.3) is 0 Å². The first-order valence-electron chi connectivity index (χ1n) is 3.36. The zero-order chi connectivity index (χ0) is 6.53. The molecule has 0 saturated carbocycles. The number of thiol groups is 1. The molecule has 1 atom stereocenters. The Kier molecular flexibility index (Phi) is 3.15. The summed E-state index contributed by atoms with van der Waals surface area (Å²) in [5, 5.41) is 0. The van der Waals surface area contributed by atoms with E-state index in [1.807, 2.05) is 0 Å². The van der Waals surface area contributed by atoms with Crippen molar-refractivity contribution in [3.63, 3.8) is 0 Å². The van der Waals surface area contributed by atoms with E-state index < -0.39 is 0 Å². The lowest BCUT2D eigenvalue weighted by Gasteiger charge is -2.03. The molecule has 0 N–H and O–H groups in total. The van der Waals surface area contributed by atoms with Crippen LogP contribution in [0.5, 0.6) is 0 Å². The average molecular weight is 144 g/mol. The Balaban J connectivity index is 2.05. The lowest BCUT2D eigenvalue weighted by molar-refractivity contribution is 0.343. The smallest absolute Gasteiger partial charge is 0.0616 e. The van der Waals surface area contributed by atoms with Crippen molar-refractivity contribution in [1.29, 1.82) is 0 Å². The number of hydrogen-bond donors (Lipinski definition) is 1. The molecular weight excluding hydrogens is 132 g/mol. The van der Waals surface area contributed by atoms with E-state index in [1.165, 1.54) is 12.8 Å². The molecule has 1 aliphatic carbocycles. The van der Waals surface area contributed by atoms with Gasteiger partial charge in [-0.25, -0.2) is 0 Å². The van der Waals surface area contributed by atoms with Crippen molar-refractivity contribution in [3.05, 3.63) is 12.2 Å². The van der Waals surface area contributed by atoms with Gasteiger partial charge in [-0.05, 0) is 38.1 Å². The van der Waals surface area contributed by atoms with E-state index in [-0.39, 0.29) is 0 Å². The van der Waals surface area contributed by atoms with E-state index in [9.17, 15) is 0 Å². The second-order valence-electron chi connectivity index (χ2n) is 2.39. The Morgan fingerprint density at radius 3 is 3.11 bits per heavy atom. The fraction of sp³-hybridized carbons (Fsp3) is 0.714. The Hall–Kier alpha value is 0.0500. The maximum Gasteiger partial charge on any atom is 0.0616 e. The third-order valence-electron chi connectivity index (χ3n) is 1.69. The van der Waals surface area contributed by atoms with Crippen molar-refractivity contribution in [1.82, 2.24) is 0 Å². The number of hydrogen-bond acceptors (Lipinski definition) is 2. The van der Waals surface area contributed by atoms with Crippen LogP contribution in [0.2, 0.25) is 0 Å². The molecule has 0 aromatic carbocycles. The molecule has 1 rings (SSSR count). The maximum atomic E-state index is 4.66. The summed E-state index contributed by atoms with van der Waals surface area (Å²) in [5.41, 5.74) is 0. The van der Waals surface area contributed by atoms with Crippen molar-refractivity contribution in [2.75, 3.05) is 6.61 Å². The zero-order valence-corrected chi connectivity index (χ0v) is 6.31. The van der Waals surface area contributed by atoms with Crippen molar-refractivity contribution in [3.8, 4) is 0 Å². The van der Waals surface area contributed by atoms with Crippen LogP contribution in [0.3, 0.4) is 0 Å². The minimum absolute atomic E-state index is 0.761. The van der Waals surface area contributed by atoms with Crippen LogP contribution in [0.4, 0.5) is 0 Å². The third kappa shape index (κ3) is 2.41. The van der Waals surface area contributed by atoms with Gasteiger partial charge in [0, 0.05) is 0 Å². The molecule has 0 saturated heterocycles. The quantitative estimate of drug-likeness (QED) is 0.363. The predicted octanol–water partition coefficient (Wildman–Crippen LogP) is 2.20. The summed E-state index contributed by atoms with van der Waals surface area (Å²) in [6.45, 7) is 0.776. The average Bonchev–Trinajstić information content (AvgIpc) is 2.34. The van der Waals surface area contributed by atoms with E-state index in [4.69, 9.17) is 0 Å². The Bertz CT molecular complexity index is 101. The van der Waals surface area contributed by atoms with Gasteiger partial charge >= 0.3 is 0 Å². The molecule has 9 heavy (non-hydrogen) atoms. The van der Waals surface area contributed by atoms with Gasteiger partial charge in [0.1, 0.15) is 0 Å². The van der Waals surface area contributed by atoms with Gasteiger partial charge < -0.3 is 4.18 Å². The van der Waals surface area contributed by atoms with Crippen molar-refractivity contribution >= 4 is 12.9 Å². The van der Waals surface area contributed by atoms with E-state index in [1.54, 1.807) is 0 Å². The van der Waals surface area contributed by atoms with Crippen molar-refractivity contribution in [2.24, 2.45) is 5.92 Å². The molecule has 52 valence electrons. The Labute approximate surface area is 61.7 Å². The molecule has 0 fully saturated rings. The fourth-order valence-electron chi connectivity index (χ4n) is 1.14. The van der Waals surface area contributed by atoms with E-state index in [0.717, 1.165) is 18.9 Å². The Morgan fingerprint density at radius 2 is 2.56 bits per heavy atom. The summed E-state index contributed by atoms with van der Waals surface area (Å²) in [5.74, 6) is 0.761. The molecule has 0 aromatic heterocycles. The molecule has 1 aliphatic rings. The number of rotatable bonds is 3. The lowest BCUT2D eigenvalue weighted by atomic mass is 10.1. The van der Waals surface area contributed by atoms with E-state index in [2.05, 4.69) is 29.2 Å². The van der Waals surface area contributed by atoms with Crippen LogP contribution < -0.4 is 0 Å². The largest absolute Gasteiger partial charge is 0.318 e. The summed E-state index contributed by atoms with van der Waals surface area (Å²) in [6, 6.07) is 0. The normalized spacial score (nSPS) is 25.2. The van der Waals surface area contributed by atoms with Gasteiger partial charge in [0.2, 0.25) is 0 Å². The summed E-state index contributed by atoms with van der Waals surface area (Å²) >= 11 is 3.67. The van der Waals surface area contributed by atoms with Crippen LogP contribution in [0, 0.1) is 5.92 Å². The molecule has 0 bridgehead atoms. The topological polar surface area (TPSA) is 9.23 Å². The van der Waals surface area contributed by atoms with Crippen LogP contribution in [0.15, 0.2) is 12.2 Å². The SMILES string of the molecule is SOCCC1C=CCC1. The first-order chi connectivity index (χ1) is 4.43. The number of allylic oxidation sites excluding steroid dienone is 2. The van der Waals surface area contributed by atoms with E-state index in [0.29, 0.717) is 0 Å². The third-order valence-corrected chi connectivity index (χ3v) is 1.87. The van der Waals surface area contributed by atoms with Crippen LogP contribution in [0.1, 0.15) is 19.3 Å². The first-order valence-corrected chi connectivity index (χ1v) is 3.73. The van der Waals surface area contributed by atoms with Gasteiger partial charge in [-0.2, -0.15) is 0 Å². The minimum Gasteiger partial charge on any atom is -0.318 e. The van der Waals surface area contributed by atoms with Gasteiger partial charge in [-0.1, -0.05) is 12.2 Å². The van der Waals surface area contributed by atoms with Gasteiger partial charge in [0.05, 0.1) is 6.61 Å². The second-order valence-corrected chi connectivity index (χ2v) is 2.65. The Morgan fingerprint density at radius 1 is 1.67 bits per heavy atom. The highest BCUT2D eigenvalue weighted by molar-refractivity contribution is 7.75. The zero-order valence-electron chi connectivity index (χ0n) is 5.42. The van der Waals surface area contributed by atoms with Crippen molar-refractivity contribution in [2.45, 2.75) is 19.3 Å². The molecule has 0 radical (unpaired) electrons. The molecule has 0 aliphatic heterocycles. The predicted molar refractivity (Wildman–Crippen MR) is 41.4 cm³/mol. The van der Waals surface area contributed by atoms with Gasteiger partial charge in [-0.3, -0.25) is 0 Å². The lowest BCUT2D eigenvalue weighted by Crippen LogP contribution is -1.95. The van der Waals surface area contributed by atoms with Crippen LogP contribution >= 0.6 is 12.9 Å². The summed E-state index contributed by atoms with van der Waals surface area (Å²) in [7, 11) is 0. The highest BCUT2D eigenvalue weighted by atomic mass is 32.1. The molecular formula is C7H12OS. The molecule has 1 nitrogen and oxygen atoms in total. The second kappa shape index (κ2) is 3.96. The summed E-state index contributed by atoms with van der Waals surface area (Å²) < 4.78 is 4.66. The van der Waals surface area contributed by atoms with Gasteiger partial charge in [-0.15, -0.1) is 0 Å². The molecule has 0 spiro atoms.